The third kappa shape index (κ3) is 4.00. The smallest absolute Gasteiger partial charge is 0.289 e. The van der Waals surface area contributed by atoms with E-state index in [4.69, 9.17) is 0 Å². The van der Waals surface area contributed by atoms with Crippen LogP contribution in [0.1, 0.15) is 22.0 Å². The molecule has 0 radical (unpaired) electrons. The molecule has 0 spiro atoms. The molecule has 0 fully saturated rings. The van der Waals surface area contributed by atoms with Crippen LogP contribution in [-0.2, 0) is 5.75 Å². The second kappa shape index (κ2) is 7.99. The number of fused-ring (bicyclic) bond motifs is 2. The monoisotopic (exact) mass is 432 g/mol. The van der Waals surface area contributed by atoms with Gasteiger partial charge in [-0.2, -0.15) is 9.50 Å². The topological polar surface area (TPSA) is 139 Å². The number of anilines is 1. The van der Waals surface area contributed by atoms with Crippen molar-refractivity contribution in [3.8, 4) is 0 Å². The molecule has 4 aromatic heterocycles. The Kier molecular flexibility index (Phi) is 4.88. The molecular weight excluding hydrogens is 416 g/mol. The van der Waals surface area contributed by atoms with E-state index in [9.17, 15) is 4.79 Å². The molecule has 31 heavy (non-hydrogen) atoms. The van der Waals surface area contributed by atoms with Crippen LogP contribution in [0.25, 0.3) is 16.8 Å². The molecule has 0 aliphatic heterocycles. The van der Waals surface area contributed by atoms with Crippen molar-refractivity contribution in [3.63, 3.8) is 0 Å². The van der Waals surface area contributed by atoms with Gasteiger partial charge in [-0.05, 0) is 19.1 Å². The van der Waals surface area contributed by atoms with E-state index in [1.54, 1.807) is 6.07 Å². The number of hydrogen-bond acceptors (Lipinski definition) is 9. The highest BCUT2D eigenvalue weighted by atomic mass is 32.2. The fourth-order valence-corrected chi connectivity index (χ4v) is 3.61. The van der Waals surface area contributed by atoms with Crippen molar-refractivity contribution < 1.29 is 4.79 Å². The van der Waals surface area contributed by atoms with Gasteiger partial charge in [0.05, 0.1) is 23.0 Å². The van der Waals surface area contributed by atoms with E-state index < -0.39 is 5.91 Å². The average molecular weight is 432 g/mol. The van der Waals surface area contributed by atoms with Gasteiger partial charge in [-0.25, -0.2) is 15.0 Å². The predicted molar refractivity (Wildman–Crippen MR) is 114 cm³/mol. The van der Waals surface area contributed by atoms with Gasteiger partial charge >= 0.3 is 0 Å². The van der Waals surface area contributed by atoms with Crippen molar-refractivity contribution in [3.05, 3.63) is 66.1 Å². The van der Waals surface area contributed by atoms with Crippen molar-refractivity contribution in [2.75, 3.05) is 5.43 Å². The number of thioether (sulfide) groups is 1. The number of para-hydroxylation sites is 2. The lowest BCUT2D eigenvalue weighted by atomic mass is 10.3. The van der Waals surface area contributed by atoms with Gasteiger partial charge in [-0.15, -0.1) is 5.10 Å². The van der Waals surface area contributed by atoms with Crippen LogP contribution in [0.5, 0.6) is 0 Å². The van der Waals surface area contributed by atoms with E-state index in [0.717, 1.165) is 22.6 Å². The molecule has 11 nitrogen and oxygen atoms in total. The first kappa shape index (κ1) is 18.9. The van der Waals surface area contributed by atoms with E-state index in [-0.39, 0.29) is 5.69 Å². The van der Waals surface area contributed by atoms with Gasteiger partial charge < -0.3 is 4.98 Å². The number of nitrogens with zero attached hydrogens (tertiary/aromatic N) is 7. The summed E-state index contributed by atoms with van der Waals surface area (Å²) in [6.45, 7) is 1.84. The van der Waals surface area contributed by atoms with Crippen molar-refractivity contribution >= 4 is 40.3 Å². The molecule has 5 aromatic rings. The average Bonchev–Trinajstić information content (AvgIpc) is 3.39. The Morgan fingerprint density at radius 3 is 2.94 bits per heavy atom. The Morgan fingerprint density at radius 2 is 2.10 bits per heavy atom. The zero-order chi connectivity index (χ0) is 21.2. The summed E-state index contributed by atoms with van der Waals surface area (Å²) in [5.74, 6) is 1.93. The number of aromatic nitrogens is 8. The van der Waals surface area contributed by atoms with E-state index >= 15 is 0 Å². The summed E-state index contributed by atoms with van der Waals surface area (Å²) in [6, 6.07) is 9.62. The summed E-state index contributed by atoms with van der Waals surface area (Å²) in [7, 11) is 0. The van der Waals surface area contributed by atoms with Crippen LogP contribution in [0.3, 0.4) is 0 Å². The van der Waals surface area contributed by atoms with E-state index in [0.29, 0.717) is 22.5 Å². The second-order valence-corrected chi connectivity index (χ2v) is 7.49. The number of imidazole rings is 1. The van der Waals surface area contributed by atoms with Gasteiger partial charge in [0.2, 0.25) is 5.16 Å². The van der Waals surface area contributed by atoms with Crippen LogP contribution in [0.2, 0.25) is 0 Å². The maximum absolute atomic E-state index is 12.2. The number of aromatic amines is 1. The molecule has 3 N–H and O–H groups in total. The molecule has 1 amide bonds. The molecule has 5 rings (SSSR count). The summed E-state index contributed by atoms with van der Waals surface area (Å²) < 4.78 is 1.53. The number of benzene rings is 1. The summed E-state index contributed by atoms with van der Waals surface area (Å²) in [5, 5.41) is 5.04. The van der Waals surface area contributed by atoms with Gasteiger partial charge in [0.15, 0.2) is 5.82 Å². The Hall–Kier alpha value is -4.06. The highest BCUT2D eigenvalue weighted by molar-refractivity contribution is 7.98. The zero-order valence-corrected chi connectivity index (χ0v) is 17.1. The Morgan fingerprint density at radius 1 is 1.19 bits per heavy atom. The van der Waals surface area contributed by atoms with Gasteiger partial charge in [-0.1, -0.05) is 23.9 Å². The van der Waals surface area contributed by atoms with E-state index in [1.807, 2.05) is 31.2 Å². The molecule has 0 saturated heterocycles. The van der Waals surface area contributed by atoms with Gasteiger partial charge in [-0.3, -0.25) is 20.6 Å². The Bertz CT molecular complexity index is 1350. The van der Waals surface area contributed by atoms with Crippen molar-refractivity contribution in [2.45, 2.75) is 17.8 Å². The van der Waals surface area contributed by atoms with Gasteiger partial charge in [0.1, 0.15) is 11.5 Å². The standard InChI is InChI=1S/C19H16N10OS/c1-11-8-16(26-27-17(30)14-9-20-6-7-21-14)29-18(22-11)25-19(28-29)31-10-15-23-12-4-2-3-5-13(12)24-15/h2-9,26H,10H2,1H3,(H,23,24)(H,27,30). The molecule has 0 bridgehead atoms. The van der Waals surface area contributed by atoms with E-state index in [1.165, 1.54) is 34.9 Å². The highest BCUT2D eigenvalue weighted by Crippen LogP contribution is 2.22. The largest absolute Gasteiger partial charge is 0.341 e. The second-order valence-electron chi connectivity index (χ2n) is 6.55. The number of aryl methyl sites for hydroxylation is 1. The number of H-pyrrole nitrogens is 1. The number of carbonyl (C=O) groups excluding carboxylic acids is 1. The van der Waals surface area contributed by atoms with Crippen molar-refractivity contribution in [2.24, 2.45) is 0 Å². The number of hydrogen-bond donors (Lipinski definition) is 3. The number of nitrogens with one attached hydrogen (secondary N) is 3. The highest BCUT2D eigenvalue weighted by Gasteiger charge is 2.13. The Labute approximate surface area is 179 Å². The van der Waals surface area contributed by atoms with Crippen molar-refractivity contribution in [1.82, 2.24) is 44.9 Å². The molecule has 4 heterocycles. The minimum atomic E-state index is -0.421. The molecule has 12 heteroatoms. The minimum absolute atomic E-state index is 0.192. The first-order valence-electron chi connectivity index (χ1n) is 9.29. The molecule has 0 saturated carbocycles. The third-order valence-corrected chi connectivity index (χ3v) is 5.15. The molecule has 0 aliphatic carbocycles. The maximum Gasteiger partial charge on any atom is 0.289 e. The molecule has 0 unspecified atom stereocenters. The molecule has 0 atom stereocenters. The van der Waals surface area contributed by atoms with Gasteiger partial charge in [0, 0.05) is 24.2 Å². The van der Waals surface area contributed by atoms with Crippen LogP contribution in [-0.4, -0.2) is 45.4 Å². The predicted octanol–water partition coefficient (Wildman–Crippen LogP) is 2.15. The van der Waals surface area contributed by atoms with Crippen LogP contribution >= 0.6 is 11.8 Å². The minimum Gasteiger partial charge on any atom is -0.341 e. The lowest BCUT2D eigenvalue weighted by Crippen LogP contribution is -2.31. The van der Waals surface area contributed by atoms with E-state index in [2.05, 4.69) is 45.9 Å². The first-order chi connectivity index (χ1) is 15.2. The SMILES string of the molecule is Cc1cc(NNC(=O)c2cnccn2)n2nc(SCc3nc4ccccc4[nH]3)nc2n1. The lowest BCUT2D eigenvalue weighted by molar-refractivity contribution is 0.0957. The molecule has 154 valence electrons. The first-order valence-corrected chi connectivity index (χ1v) is 10.3. The number of amides is 1. The molecule has 0 aliphatic rings. The summed E-state index contributed by atoms with van der Waals surface area (Å²) >= 11 is 1.44. The zero-order valence-electron chi connectivity index (χ0n) is 16.3. The van der Waals surface area contributed by atoms with Crippen molar-refractivity contribution in [1.29, 1.82) is 0 Å². The molecule has 1 aromatic carbocycles. The van der Waals surface area contributed by atoms with Crippen LogP contribution < -0.4 is 10.9 Å². The normalized spacial score (nSPS) is 11.1. The Balaban J connectivity index is 1.33. The fraction of sp³-hybridized carbons (Fsp3) is 0.105. The quantitative estimate of drug-likeness (QED) is 0.272. The number of carbonyl (C=O) groups is 1. The number of hydrazine groups is 1. The third-order valence-electron chi connectivity index (χ3n) is 4.30. The fourth-order valence-electron chi connectivity index (χ4n) is 2.93. The lowest BCUT2D eigenvalue weighted by Gasteiger charge is -2.09. The summed E-state index contributed by atoms with van der Waals surface area (Å²) in [5.41, 5.74) is 8.27. The van der Waals surface area contributed by atoms with Crippen LogP contribution in [0.4, 0.5) is 5.82 Å². The van der Waals surface area contributed by atoms with Crippen LogP contribution in [0, 0.1) is 6.92 Å². The molecular formula is C19H16N10OS. The van der Waals surface area contributed by atoms with Gasteiger partial charge in [0.25, 0.3) is 11.7 Å². The maximum atomic E-state index is 12.2. The summed E-state index contributed by atoms with van der Waals surface area (Å²) in [6.07, 6.45) is 4.33. The number of rotatable bonds is 6. The van der Waals surface area contributed by atoms with Crippen LogP contribution in [0.15, 0.2) is 54.1 Å². The summed E-state index contributed by atoms with van der Waals surface area (Å²) in [4.78, 5) is 36.8.